The van der Waals surface area contributed by atoms with Gasteiger partial charge >= 0.3 is 0 Å². The summed E-state index contributed by atoms with van der Waals surface area (Å²) in [6.07, 6.45) is 4.23. The van der Waals surface area contributed by atoms with Crippen LogP contribution in [-0.2, 0) is 0 Å². The van der Waals surface area contributed by atoms with Crippen molar-refractivity contribution in [2.24, 2.45) is 0 Å². The molecule has 2 rings (SSSR count). The predicted octanol–water partition coefficient (Wildman–Crippen LogP) is -0.504. The van der Waals surface area contributed by atoms with Crippen LogP contribution in [-0.4, -0.2) is 34.6 Å². The SMILES string of the molecule is c1ncnc(C2CNCCCN2)n1. The first-order chi connectivity index (χ1) is 6.47. The van der Waals surface area contributed by atoms with Gasteiger partial charge in [0.25, 0.3) is 0 Å². The van der Waals surface area contributed by atoms with E-state index in [1.165, 1.54) is 12.7 Å². The fourth-order valence-electron chi connectivity index (χ4n) is 1.42. The summed E-state index contributed by atoms with van der Waals surface area (Å²) >= 11 is 0. The maximum Gasteiger partial charge on any atom is 0.150 e. The van der Waals surface area contributed by atoms with E-state index in [1.807, 2.05) is 0 Å². The highest BCUT2D eigenvalue weighted by Crippen LogP contribution is 2.05. The molecule has 0 spiro atoms. The molecule has 0 aliphatic carbocycles. The van der Waals surface area contributed by atoms with Crippen LogP contribution in [0.2, 0.25) is 0 Å². The number of nitrogens with zero attached hydrogens (tertiary/aromatic N) is 3. The Morgan fingerprint density at radius 2 is 2.08 bits per heavy atom. The molecule has 1 atom stereocenters. The second-order valence-electron chi connectivity index (χ2n) is 3.06. The Bertz CT molecular complexity index is 242. The van der Waals surface area contributed by atoms with Gasteiger partial charge in [-0.3, -0.25) is 0 Å². The van der Waals surface area contributed by atoms with Crippen molar-refractivity contribution in [2.45, 2.75) is 12.5 Å². The van der Waals surface area contributed by atoms with E-state index >= 15 is 0 Å². The molecule has 1 fully saturated rings. The highest BCUT2D eigenvalue weighted by atomic mass is 15.1. The standard InChI is InChI=1S/C8H13N5/c1-2-9-4-7(11-3-1)8-12-5-10-6-13-8/h5-7,9,11H,1-4H2. The minimum atomic E-state index is 0.227. The molecule has 0 radical (unpaired) electrons. The van der Waals surface area contributed by atoms with E-state index in [0.717, 1.165) is 31.9 Å². The van der Waals surface area contributed by atoms with Crippen LogP contribution in [0.3, 0.4) is 0 Å². The maximum absolute atomic E-state index is 4.12. The van der Waals surface area contributed by atoms with Crippen molar-refractivity contribution < 1.29 is 0 Å². The van der Waals surface area contributed by atoms with E-state index in [-0.39, 0.29) is 6.04 Å². The smallest absolute Gasteiger partial charge is 0.150 e. The van der Waals surface area contributed by atoms with E-state index in [2.05, 4.69) is 25.6 Å². The third kappa shape index (κ3) is 2.19. The zero-order valence-electron chi connectivity index (χ0n) is 7.40. The Balaban J connectivity index is 2.06. The van der Waals surface area contributed by atoms with Gasteiger partial charge < -0.3 is 10.6 Å². The van der Waals surface area contributed by atoms with Crippen molar-refractivity contribution in [1.29, 1.82) is 0 Å². The van der Waals surface area contributed by atoms with Gasteiger partial charge in [-0.15, -0.1) is 0 Å². The molecule has 5 nitrogen and oxygen atoms in total. The third-order valence-electron chi connectivity index (χ3n) is 2.09. The average Bonchev–Trinajstić information content (AvgIpc) is 2.47. The van der Waals surface area contributed by atoms with Crippen LogP contribution in [0, 0.1) is 0 Å². The number of hydrogen-bond acceptors (Lipinski definition) is 5. The highest BCUT2D eigenvalue weighted by Gasteiger charge is 2.14. The second-order valence-corrected chi connectivity index (χ2v) is 3.06. The lowest BCUT2D eigenvalue weighted by Gasteiger charge is -2.12. The molecule has 0 amide bonds. The molecule has 70 valence electrons. The van der Waals surface area contributed by atoms with E-state index in [4.69, 9.17) is 0 Å². The Hall–Kier alpha value is -1.07. The molecule has 13 heavy (non-hydrogen) atoms. The summed E-state index contributed by atoms with van der Waals surface area (Å²) in [4.78, 5) is 12.0. The van der Waals surface area contributed by atoms with Gasteiger partial charge in [0.2, 0.25) is 0 Å². The lowest BCUT2D eigenvalue weighted by molar-refractivity contribution is 0.522. The zero-order chi connectivity index (χ0) is 8.93. The minimum Gasteiger partial charge on any atom is -0.315 e. The fourth-order valence-corrected chi connectivity index (χ4v) is 1.42. The molecule has 2 N–H and O–H groups in total. The predicted molar refractivity (Wildman–Crippen MR) is 48.1 cm³/mol. The van der Waals surface area contributed by atoms with Crippen molar-refractivity contribution in [3.8, 4) is 0 Å². The Morgan fingerprint density at radius 3 is 2.92 bits per heavy atom. The summed E-state index contributed by atoms with van der Waals surface area (Å²) in [5, 5.41) is 6.72. The van der Waals surface area contributed by atoms with Gasteiger partial charge in [0, 0.05) is 6.54 Å². The highest BCUT2D eigenvalue weighted by molar-refractivity contribution is 4.94. The third-order valence-corrected chi connectivity index (χ3v) is 2.09. The topological polar surface area (TPSA) is 62.7 Å². The second kappa shape index (κ2) is 4.25. The molecule has 1 saturated heterocycles. The molecule has 1 aliphatic rings. The fraction of sp³-hybridized carbons (Fsp3) is 0.625. The molecule has 2 heterocycles. The summed E-state index contributed by atoms with van der Waals surface area (Å²) in [6.45, 7) is 2.97. The van der Waals surface area contributed by atoms with E-state index in [9.17, 15) is 0 Å². The monoisotopic (exact) mass is 179 g/mol. The molecule has 1 aliphatic heterocycles. The molecule has 1 aromatic rings. The summed E-state index contributed by atoms with van der Waals surface area (Å²) < 4.78 is 0. The quantitative estimate of drug-likeness (QED) is 0.608. The molecule has 1 aromatic heterocycles. The first kappa shape index (κ1) is 8.52. The van der Waals surface area contributed by atoms with Crippen molar-refractivity contribution in [3.05, 3.63) is 18.5 Å². The molecule has 0 aromatic carbocycles. The first-order valence-corrected chi connectivity index (χ1v) is 4.53. The summed E-state index contributed by atoms with van der Waals surface area (Å²) in [6, 6.07) is 0.227. The van der Waals surface area contributed by atoms with Gasteiger partial charge in [0.1, 0.15) is 18.5 Å². The minimum absolute atomic E-state index is 0.227. The van der Waals surface area contributed by atoms with Crippen LogP contribution in [0.5, 0.6) is 0 Å². The number of rotatable bonds is 1. The van der Waals surface area contributed by atoms with Gasteiger partial charge in [-0.05, 0) is 19.5 Å². The summed E-state index contributed by atoms with van der Waals surface area (Å²) in [5.41, 5.74) is 0. The van der Waals surface area contributed by atoms with Gasteiger partial charge in [-0.25, -0.2) is 15.0 Å². The molecule has 1 unspecified atom stereocenters. The zero-order valence-corrected chi connectivity index (χ0v) is 7.40. The van der Waals surface area contributed by atoms with Crippen LogP contribution in [0.1, 0.15) is 18.3 Å². The van der Waals surface area contributed by atoms with Crippen molar-refractivity contribution >= 4 is 0 Å². The normalized spacial score (nSPS) is 23.8. The molecular formula is C8H13N5. The van der Waals surface area contributed by atoms with Crippen LogP contribution in [0.15, 0.2) is 12.7 Å². The Labute approximate surface area is 77.0 Å². The van der Waals surface area contributed by atoms with Gasteiger partial charge in [0.05, 0.1) is 6.04 Å². The van der Waals surface area contributed by atoms with E-state index < -0.39 is 0 Å². The van der Waals surface area contributed by atoms with Crippen molar-refractivity contribution in [3.63, 3.8) is 0 Å². The lowest BCUT2D eigenvalue weighted by atomic mass is 10.3. The molecule has 0 saturated carbocycles. The summed E-state index contributed by atoms with van der Waals surface area (Å²) in [5.74, 6) is 0.824. The average molecular weight is 179 g/mol. The van der Waals surface area contributed by atoms with Crippen LogP contribution >= 0.6 is 0 Å². The van der Waals surface area contributed by atoms with Crippen molar-refractivity contribution in [1.82, 2.24) is 25.6 Å². The number of nitrogens with one attached hydrogen (secondary N) is 2. The van der Waals surface area contributed by atoms with Crippen LogP contribution in [0.4, 0.5) is 0 Å². The first-order valence-electron chi connectivity index (χ1n) is 4.53. The lowest BCUT2D eigenvalue weighted by Crippen LogP contribution is -2.28. The molecule has 0 bridgehead atoms. The Kier molecular flexibility index (Phi) is 2.79. The summed E-state index contributed by atoms with van der Waals surface area (Å²) in [7, 11) is 0. The van der Waals surface area contributed by atoms with Gasteiger partial charge in [0.15, 0.2) is 0 Å². The van der Waals surface area contributed by atoms with Crippen molar-refractivity contribution in [2.75, 3.05) is 19.6 Å². The Morgan fingerprint density at radius 1 is 1.23 bits per heavy atom. The molecular weight excluding hydrogens is 166 g/mol. The number of aromatic nitrogens is 3. The molecule has 5 heteroatoms. The maximum atomic E-state index is 4.12. The van der Waals surface area contributed by atoms with Crippen LogP contribution < -0.4 is 10.6 Å². The van der Waals surface area contributed by atoms with E-state index in [1.54, 1.807) is 0 Å². The largest absolute Gasteiger partial charge is 0.315 e. The number of hydrogen-bond donors (Lipinski definition) is 2. The van der Waals surface area contributed by atoms with E-state index in [0.29, 0.717) is 0 Å². The van der Waals surface area contributed by atoms with Gasteiger partial charge in [-0.2, -0.15) is 0 Å². The van der Waals surface area contributed by atoms with Gasteiger partial charge in [-0.1, -0.05) is 0 Å². The van der Waals surface area contributed by atoms with Crippen LogP contribution in [0.25, 0.3) is 0 Å².